The number of nitrogens with zero attached hydrogens (tertiary/aromatic N) is 1. The molecule has 2 aromatic carbocycles. The van der Waals surface area contributed by atoms with E-state index in [4.69, 9.17) is 5.14 Å². The van der Waals surface area contributed by atoms with Crippen molar-refractivity contribution in [1.29, 1.82) is 0 Å². The molecule has 0 heterocycles. The summed E-state index contributed by atoms with van der Waals surface area (Å²) in [4.78, 5) is 4.78. The number of nitrogens with one attached hydrogen (secondary N) is 2. The van der Waals surface area contributed by atoms with Crippen LogP contribution in [0, 0.1) is 0 Å². The van der Waals surface area contributed by atoms with E-state index >= 15 is 0 Å². The Morgan fingerprint density at radius 3 is 2.13 bits per heavy atom. The average molecular weight is 431 g/mol. The Balaban J connectivity index is 1.78. The summed E-state index contributed by atoms with van der Waals surface area (Å²) in [7, 11) is -3.64. The maximum atomic E-state index is 11.3. The Morgan fingerprint density at radius 2 is 1.57 bits per heavy atom. The van der Waals surface area contributed by atoms with Crippen LogP contribution in [0.4, 0.5) is 0 Å². The van der Waals surface area contributed by atoms with Crippen LogP contribution in [-0.2, 0) is 22.9 Å². The van der Waals surface area contributed by atoms with Crippen molar-refractivity contribution in [2.75, 3.05) is 19.6 Å². The van der Waals surface area contributed by atoms with Crippen LogP contribution in [0.15, 0.2) is 58.4 Å². The number of benzene rings is 2. The standard InChI is InChI=1S/C23H34N4O2S/c1-4-25-23(26-16-5-6-19-7-11-21(12-8-19)18(2)3)27-17-15-20-9-13-22(14-10-20)30(24,28)29/h7-14,18H,4-6,15-17H2,1-3H3,(H2,24,28,29)(H2,25,26,27). The van der Waals surface area contributed by atoms with E-state index in [0.29, 0.717) is 12.5 Å². The third-order valence-corrected chi connectivity index (χ3v) is 5.77. The van der Waals surface area contributed by atoms with E-state index in [1.54, 1.807) is 12.1 Å². The summed E-state index contributed by atoms with van der Waals surface area (Å²) in [6.45, 7) is 8.71. The molecule has 0 spiro atoms. The Labute approximate surface area is 181 Å². The number of nitrogens with two attached hydrogens (primary N) is 1. The zero-order valence-corrected chi connectivity index (χ0v) is 19.0. The summed E-state index contributed by atoms with van der Waals surface area (Å²) >= 11 is 0. The molecular weight excluding hydrogens is 396 g/mol. The van der Waals surface area contributed by atoms with Gasteiger partial charge in [-0.15, -0.1) is 0 Å². The third kappa shape index (κ3) is 8.16. The van der Waals surface area contributed by atoms with Crippen LogP contribution < -0.4 is 15.8 Å². The van der Waals surface area contributed by atoms with Gasteiger partial charge in [0.1, 0.15) is 0 Å². The number of guanidine groups is 1. The third-order valence-electron chi connectivity index (χ3n) is 4.84. The van der Waals surface area contributed by atoms with Crippen molar-refractivity contribution >= 4 is 16.0 Å². The van der Waals surface area contributed by atoms with Gasteiger partial charge < -0.3 is 10.6 Å². The van der Waals surface area contributed by atoms with Gasteiger partial charge in [-0.25, -0.2) is 13.6 Å². The summed E-state index contributed by atoms with van der Waals surface area (Å²) in [6.07, 6.45) is 2.77. The van der Waals surface area contributed by atoms with E-state index in [2.05, 4.69) is 53.7 Å². The summed E-state index contributed by atoms with van der Waals surface area (Å²) in [6, 6.07) is 15.5. The molecule has 7 heteroatoms. The predicted octanol–water partition coefficient (Wildman–Crippen LogP) is 3.19. The second kappa shape index (κ2) is 11.7. The van der Waals surface area contributed by atoms with E-state index in [-0.39, 0.29) is 4.90 Å². The normalized spacial score (nSPS) is 12.2. The highest BCUT2D eigenvalue weighted by Crippen LogP contribution is 2.15. The zero-order chi connectivity index (χ0) is 22.0. The Bertz CT molecular complexity index is 905. The van der Waals surface area contributed by atoms with Crippen molar-refractivity contribution in [2.45, 2.75) is 50.8 Å². The summed E-state index contributed by atoms with van der Waals surface area (Å²) in [5.74, 6) is 1.36. The van der Waals surface area contributed by atoms with Crippen LogP contribution in [0.1, 0.15) is 49.8 Å². The van der Waals surface area contributed by atoms with Gasteiger partial charge in [0.15, 0.2) is 5.96 Å². The Morgan fingerprint density at radius 1 is 0.967 bits per heavy atom. The maximum Gasteiger partial charge on any atom is 0.238 e. The van der Waals surface area contributed by atoms with Crippen molar-refractivity contribution in [3.63, 3.8) is 0 Å². The molecule has 0 aromatic heterocycles. The molecule has 0 fully saturated rings. The first-order valence-corrected chi connectivity index (χ1v) is 12.1. The highest BCUT2D eigenvalue weighted by Gasteiger charge is 2.06. The summed E-state index contributed by atoms with van der Waals surface area (Å²) in [5.41, 5.74) is 3.75. The molecule has 0 aliphatic heterocycles. The van der Waals surface area contributed by atoms with Gasteiger partial charge in [-0.1, -0.05) is 50.2 Å². The SMILES string of the molecule is CCNC(=NCCCc1ccc(C(C)C)cc1)NCCc1ccc(S(N)(=O)=O)cc1. The molecule has 30 heavy (non-hydrogen) atoms. The van der Waals surface area contributed by atoms with Crippen molar-refractivity contribution in [2.24, 2.45) is 10.1 Å². The largest absolute Gasteiger partial charge is 0.357 e. The number of hydrogen-bond acceptors (Lipinski definition) is 3. The molecule has 0 saturated carbocycles. The van der Waals surface area contributed by atoms with E-state index in [1.165, 1.54) is 23.3 Å². The molecule has 6 nitrogen and oxygen atoms in total. The average Bonchev–Trinajstić information content (AvgIpc) is 2.71. The molecule has 0 unspecified atom stereocenters. The van der Waals surface area contributed by atoms with Gasteiger partial charge in [-0.05, 0) is 60.9 Å². The molecule has 0 aliphatic rings. The summed E-state index contributed by atoms with van der Waals surface area (Å²) in [5, 5.41) is 11.7. The second-order valence-electron chi connectivity index (χ2n) is 7.63. The number of hydrogen-bond donors (Lipinski definition) is 3. The van der Waals surface area contributed by atoms with Gasteiger partial charge in [-0.2, -0.15) is 0 Å². The van der Waals surface area contributed by atoms with Crippen LogP contribution in [0.2, 0.25) is 0 Å². The highest BCUT2D eigenvalue weighted by atomic mass is 32.2. The van der Waals surface area contributed by atoms with Crippen LogP contribution in [0.5, 0.6) is 0 Å². The highest BCUT2D eigenvalue weighted by molar-refractivity contribution is 7.89. The van der Waals surface area contributed by atoms with Crippen LogP contribution in [0.25, 0.3) is 0 Å². The zero-order valence-electron chi connectivity index (χ0n) is 18.2. The minimum absolute atomic E-state index is 0.132. The maximum absolute atomic E-state index is 11.3. The molecule has 0 aliphatic carbocycles. The van der Waals surface area contributed by atoms with E-state index in [9.17, 15) is 8.42 Å². The number of rotatable bonds is 10. The van der Waals surface area contributed by atoms with Gasteiger partial charge in [-0.3, -0.25) is 4.99 Å². The predicted molar refractivity (Wildman–Crippen MR) is 124 cm³/mol. The molecule has 164 valence electrons. The second-order valence-corrected chi connectivity index (χ2v) is 9.19. The fourth-order valence-electron chi connectivity index (χ4n) is 3.06. The van der Waals surface area contributed by atoms with Crippen molar-refractivity contribution in [3.05, 3.63) is 65.2 Å². The van der Waals surface area contributed by atoms with E-state index < -0.39 is 10.0 Å². The molecule has 0 saturated heterocycles. The van der Waals surface area contributed by atoms with Gasteiger partial charge >= 0.3 is 0 Å². The molecule has 0 radical (unpaired) electrons. The van der Waals surface area contributed by atoms with E-state index in [1.807, 2.05) is 6.92 Å². The molecular formula is C23H34N4O2S. The van der Waals surface area contributed by atoms with Crippen molar-refractivity contribution in [3.8, 4) is 0 Å². The molecule has 2 aromatic rings. The lowest BCUT2D eigenvalue weighted by molar-refractivity contribution is 0.598. The van der Waals surface area contributed by atoms with Crippen LogP contribution in [-0.4, -0.2) is 34.0 Å². The van der Waals surface area contributed by atoms with Crippen LogP contribution >= 0.6 is 0 Å². The topological polar surface area (TPSA) is 96.6 Å². The number of aliphatic imine (C=N–C) groups is 1. The van der Waals surface area contributed by atoms with Gasteiger partial charge in [0.25, 0.3) is 0 Å². The van der Waals surface area contributed by atoms with Gasteiger partial charge in [0.05, 0.1) is 4.90 Å². The van der Waals surface area contributed by atoms with Crippen molar-refractivity contribution in [1.82, 2.24) is 10.6 Å². The minimum atomic E-state index is -3.64. The first kappa shape index (κ1) is 23.9. The quantitative estimate of drug-likeness (QED) is 0.306. The fraction of sp³-hybridized carbons (Fsp3) is 0.435. The summed E-state index contributed by atoms with van der Waals surface area (Å²) < 4.78 is 22.6. The Hall–Kier alpha value is -2.38. The van der Waals surface area contributed by atoms with Crippen LogP contribution in [0.3, 0.4) is 0 Å². The minimum Gasteiger partial charge on any atom is -0.357 e. The molecule has 2 rings (SSSR count). The van der Waals surface area contributed by atoms with E-state index in [0.717, 1.165) is 43.9 Å². The van der Waals surface area contributed by atoms with Gasteiger partial charge in [0.2, 0.25) is 10.0 Å². The lowest BCUT2D eigenvalue weighted by Crippen LogP contribution is -2.38. The first-order chi connectivity index (χ1) is 14.3. The number of sulfonamides is 1. The van der Waals surface area contributed by atoms with Gasteiger partial charge in [0, 0.05) is 19.6 Å². The lowest BCUT2D eigenvalue weighted by Gasteiger charge is -2.11. The lowest BCUT2D eigenvalue weighted by atomic mass is 10.0. The first-order valence-electron chi connectivity index (χ1n) is 10.5. The number of primary sulfonamides is 1. The Kier molecular flexibility index (Phi) is 9.33. The van der Waals surface area contributed by atoms with Crippen molar-refractivity contribution < 1.29 is 8.42 Å². The smallest absolute Gasteiger partial charge is 0.238 e. The number of aryl methyl sites for hydroxylation is 1. The molecule has 0 amide bonds. The monoisotopic (exact) mass is 430 g/mol. The molecule has 0 bridgehead atoms. The molecule has 4 N–H and O–H groups in total. The fourth-order valence-corrected chi connectivity index (χ4v) is 3.57. The molecule has 0 atom stereocenters.